The Kier molecular flexibility index (Phi) is 6.65. The second-order valence-corrected chi connectivity index (χ2v) is 6.97. The molecule has 3 heteroatoms. The Balaban J connectivity index is 2.62. The van der Waals surface area contributed by atoms with Crippen LogP contribution in [-0.2, 0) is 6.42 Å². The SMILES string of the molecule is CCCNC(CCc1ccc(Cl)c(Cl)c1)C(C)(C)C. The number of aryl methyl sites for hydroxylation is 1. The third kappa shape index (κ3) is 5.72. The fraction of sp³-hybridized carbons (Fsp3) is 0.625. The Morgan fingerprint density at radius 3 is 2.37 bits per heavy atom. The topological polar surface area (TPSA) is 12.0 Å². The molecule has 0 aliphatic heterocycles. The highest BCUT2D eigenvalue weighted by Gasteiger charge is 2.23. The zero-order valence-corrected chi connectivity index (χ0v) is 13.9. The first-order valence-electron chi connectivity index (χ1n) is 7.02. The summed E-state index contributed by atoms with van der Waals surface area (Å²) in [6.45, 7) is 10.1. The monoisotopic (exact) mass is 301 g/mol. The van der Waals surface area contributed by atoms with Crippen LogP contribution in [0.15, 0.2) is 18.2 Å². The minimum Gasteiger partial charge on any atom is -0.313 e. The average molecular weight is 302 g/mol. The van der Waals surface area contributed by atoms with Crippen molar-refractivity contribution in [2.75, 3.05) is 6.54 Å². The molecule has 0 bridgehead atoms. The van der Waals surface area contributed by atoms with Crippen molar-refractivity contribution in [1.82, 2.24) is 5.32 Å². The van der Waals surface area contributed by atoms with E-state index in [9.17, 15) is 0 Å². The molecule has 19 heavy (non-hydrogen) atoms. The van der Waals surface area contributed by atoms with E-state index in [2.05, 4.69) is 39.1 Å². The van der Waals surface area contributed by atoms with Crippen LogP contribution in [0.1, 0.15) is 46.1 Å². The quantitative estimate of drug-likeness (QED) is 0.748. The van der Waals surface area contributed by atoms with Gasteiger partial charge in [-0.2, -0.15) is 0 Å². The molecule has 1 aromatic rings. The molecule has 0 fully saturated rings. The molecule has 1 atom stereocenters. The minimum atomic E-state index is 0.269. The zero-order chi connectivity index (χ0) is 14.5. The van der Waals surface area contributed by atoms with Crippen LogP contribution in [-0.4, -0.2) is 12.6 Å². The van der Waals surface area contributed by atoms with Crippen molar-refractivity contribution in [3.63, 3.8) is 0 Å². The molecule has 0 saturated carbocycles. The summed E-state index contributed by atoms with van der Waals surface area (Å²) in [4.78, 5) is 0. The normalized spacial score (nSPS) is 13.6. The standard InChI is InChI=1S/C16H25Cl2N/c1-5-10-19-15(16(2,3)4)9-7-12-6-8-13(17)14(18)11-12/h6,8,11,15,19H,5,7,9-10H2,1-4H3. The number of hydrogen-bond donors (Lipinski definition) is 1. The van der Waals surface area contributed by atoms with E-state index in [1.54, 1.807) is 0 Å². The number of rotatable bonds is 6. The molecule has 0 amide bonds. The predicted molar refractivity (Wildman–Crippen MR) is 86.3 cm³/mol. The van der Waals surface area contributed by atoms with E-state index in [1.165, 1.54) is 12.0 Å². The number of hydrogen-bond acceptors (Lipinski definition) is 1. The number of halogens is 2. The molecule has 1 N–H and O–H groups in total. The van der Waals surface area contributed by atoms with E-state index in [-0.39, 0.29) is 5.41 Å². The first-order valence-corrected chi connectivity index (χ1v) is 7.77. The fourth-order valence-corrected chi connectivity index (χ4v) is 2.49. The molecule has 0 spiro atoms. The van der Waals surface area contributed by atoms with Crippen LogP contribution in [0.4, 0.5) is 0 Å². The van der Waals surface area contributed by atoms with Crippen molar-refractivity contribution in [2.24, 2.45) is 5.41 Å². The van der Waals surface area contributed by atoms with Gasteiger partial charge in [-0.05, 0) is 48.9 Å². The molecule has 1 unspecified atom stereocenters. The van der Waals surface area contributed by atoms with Crippen LogP contribution in [0, 0.1) is 5.41 Å². The van der Waals surface area contributed by atoms with E-state index in [4.69, 9.17) is 23.2 Å². The predicted octanol–water partition coefficient (Wildman–Crippen LogP) is 5.34. The summed E-state index contributed by atoms with van der Waals surface area (Å²) < 4.78 is 0. The van der Waals surface area contributed by atoms with Crippen LogP contribution in [0.5, 0.6) is 0 Å². The van der Waals surface area contributed by atoms with Gasteiger partial charge in [-0.15, -0.1) is 0 Å². The molecule has 0 radical (unpaired) electrons. The summed E-state index contributed by atoms with van der Waals surface area (Å²) in [6, 6.07) is 6.43. The second kappa shape index (κ2) is 7.52. The molecule has 0 heterocycles. The van der Waals surface area contributed by atoms with Gasteiger partial charge in [0.25, 0.3) is 0 Å². The summed E-state index contributed by atoms with van der Waals surface area (Å²) in [5, 5.41) is 4.92. The van der Waals surface area contributed by atoms with E-state index < -0.39 is 0 Å². The van der Waals surface area contributed by atoms with Crippen molar-refractivity contribution in [2.45, 2.75) is 53.0 Å². The van der Waals surface area contributed by atoms with Gasteiger partial charge in [0.2, 0.25) is 0 Å². The first-order chi connectivity index (χ1) is 8.84. The largest absolute Gasteiger partial charge is 0.313 e. The molecular formula is C16H25Cl2N. The van der Waals surface area contributed by atoms with Crippen molar-refractivity contribution >= 4 is 23.2 Å². The van der Waals surface area contributed by atoms with E-state index in [1.807, 2.05) is 12.1 Å². The maximum absolute atomic E-state index is 6.06. The minimum absolute atomic E-state index is 0.269. The maximum atomic E-state index is 6.06. The van der Waals surface area contributed by atoms with E-state index in [0.717, 1.165) is 19.4 Å². The van der Waals surface area contributed by atoms with Crippen LogP contribution >= 0.6 is 23.2 Å². The summed E-state index contributed by atoms with van der Waals surface area (Å²) in [5.41, 5.74) is 1.52. The van der Waals surface area contributed by atoms with Gasteiger partial charge in [0, 0.05) is 6.04 Å². The maximum Gasteiger partial charge on any atom is 0.0595 e. The van der Waals surface area contributed by atoms with Crippen LogP contribution < -0.4 is 5.32 Å². The lowest BCUT2D eigenvalue weighted by Crippen LogP contribution is -2.41. The highest BCUT2D eigenvalue weighted by Crippen LogP contribution is 2.26. The van der Waals surface area contributed by atoms with Crippen molar-refractivity contribution in [3.8, 4) is 0 Å². The Morgan fingerprint density at radius 1 is 1.16 bits per heavy atom. The van der Waals surface area contributed by atoms with Crippen LogP contribution in [0.2, 0.25) is 10.0 Å². The Hall–Kier alpha value is -0.240. The van der Waals surface area contributed by atoms with E-state index >= 15 is 0 Å². The van der Waals surface area contributed by atoms with Gasteiger partial charge in [-0.3, -0.25) is 0 Å². The molecule has 1 aromatic carbocycles. The third-order valence-corrected chi connectivity index (χ3v) is 4.13. The lowest BCUT2D eigenvalue weighted by molar-refractivity contribution is 0.255. The van der Waals surface area contributed by atoms with Gasteiger partial charge < -0.3 is 5.32 Å². The average Bonchev–Trinajstić information content (AvgIpc) is 2.32. The van der Waals surface area contributed by atoms with Crippen molar-refractivity contribution in [1.29, 1.82) is 0 Å². The molecule has 0 saturated heterocycles. The lowest BCUT2D eigenvalue weighted by atomic mass is 9.83. The molecule has 0 aromatic heterocycles. The van der Waals surface area contributed by atoms with Gasteiger partial charge in [0.05, 0.1) is 10.0 Å². The highest BCUT2D eigenvalue weighted by atomic mass is 35.5. The molecule has 0 aliphatic rings. The molecule has 0 aliphatic carbocycles. The summed E-state index contributed by atoms with van der Waals surface area (Å²) in [7, 11) is 0. The lowest BCUT2D eigenvalue weighted by Gasteiger charge is -2.32. The second-order valence-electron chi connectivity index (χ2n) is 6.16. The van der Waals surface area contributed by atoms with Crippen molar-refractivity contribution in [3.05, 3.63) is 33.8 Å². The van der Waals surface area contributed by atoms with Crippen LogP contribution in [0.25, 0.3) is 0 Å². The first kappa shape index (κ1) is 16.8. The smallest absolute Gasteiger partial charge is 0.0595 e. The molecule has 1 rings (SSSR count). The Labute approximate surface area is 127 Å². The van der Waals surface area contributed by atoms with E-state index in [0.29, 0.717) is 16.1 Å². The Morgan fingerprint density at radius 2 is 1.84 bits per heavy atom. The third-order valence-electron chi connectivity index (χ3n) is 3.39. The van der Waals surface area contributed by atoms with Gasteiger partial charge in [0.15, 0.2) is 0 Å². The molecule has 108 valence electrons. The Bertz CT molecular complexity index is 396. The van der Waals surface area contributed by atoms with Crippen molar-refractivity contribution < 1.29 is 0 Å². The summed E-state index contributed by atoms with van der Waals surface area (Å²) >= 11 is 12.0. The summed E-state index contributed by atoms with van der Waals surface area (Å²) in [6.07, 6.45) is 3.30. The highest BCUT2D eigenvalue weighted by molar-refractivity contribution is 6.42. The molecular weight excluding hydrogens is 277 g/mol. The van der Waals surface area contributed by atoms with Gasteiger partial charge in [-0.1, -0.05) is 57.0 Å². The fourth-order valence-electron chi connectivity index (χ4n) is 2.17. The number of nitrogens with one attached hydrogen (secondary N) is 1. The zero-order valence-electron chi connectivity index (χ0n) is 12.4. The summed E-state index contributed by atoms with van der Waals surface area (Å²) in [5.74, 6) is 0. The van der Waals surface area contributed by atoms with Crippen LogP contribution in [0.3, 0.4) is 0 Å². The van der Waals surface area contributed by atoms with Gasteiger partial charge in [-0.25, -0.2) is 0 Å². The van der Waals surface area contributed by atoms with Gasteiger partial charge >= 0.3 is 0 Å². The molecule has 1 nitrogen and oxygen atoms in total. The number of benzene rings is 1. The van der Waals surface area contributed by atoms with Gasteiger partial charge in [0.1, 0.15) is 0 Å².